The third-order valence-electron chi connectivity index (χ3n) is 2.03. The van der Waals surface area contributed by atoms with Crippen molar-refractivity contribution >= 4 is 0 Å². The van der Waals surface area contributed by atoms with E-state index in [-0.39, 0.29) is 0 Å². The Bertz CT molecular complexity index is 409. The Balaban J connectivity index is 1.80. The van der Waals surface area contributed by atoms with Gasteiger partial charge in [0.15, 0.2) is 0 Å². The molecule has 0 amide bonds. The smallest absolute Gasteiger partial charge is 0.115 e. The molecule has 2 aromatic rings. The monoisotopic (exact) mass is 203 g/mol. The van der Waals surface area contributed by atoms with Crippen LogP contribution in [0.25, 0.3) is 0 Å². The van der Waals surface area contributed by atoms with Gasteiger partial charge in [-0.25, -0.2) is 9.97 Å². The summed E-state index contributed by atoms with van der Waals surface area (Å²) >= 11 is 0. The molecule has 0 atom stereocenters. The highest BCUT2D eigenvalue weighted by Crippen LogP contribution is 1.97. The first-order valence-electron chi connectivity index (χ1n) is 4.77. The van der Waals surface area contributed by atoms with Crippen LogP contribution in [0.2, 0.25) is 0 Å². The maximum absolute atomic E-state index is 4.09. The van der Waals surface area contributed by atoms with Crippen LogP contribution in [0.4, 0.5) is 0 Å². The van der Waals surface area contributed by atoms with Crippen molar-refractivity contribution in [3.63, 3.8) is 0 Å². The summed E-state index contributed by atoms with van der Waals surface area (Å²) in [5.41, 5.74) is 2.26. The van der Waals surface area contributed by atoms with Crippen molar-refractivity contribution in [1.82, 2.24) is 25.1 Å². The van der Waals surface area contributed by atoms with E-state index in [1.165, 1.54) is 11.9 Å². The Hall–Kier alpha value is -1.75. The van der Waals surface area contributed by atoms with E-state index in [0.717, 1.165) is 18.7 Å². The van der Waals surface area contributed by atoms with Crippen LogP contribution in [0.1, 0.15) is 11.1 Å². The molecule has 0 saturated carbocycles. The van der Waals surface area contributed by atoms with Crippen LogP contribution in [-0.4, -0.2) is 19.7 Å². The summed E-state index contributed by atoms with van der Waals surface area (Å²) in [5.74, 6) is 0. The van der Waals surface area contributed by atoms with Crippen LogP contribution in [-0.2, 0) is 20.1 Å². The summed E-state index contributed by atoms with van der Waals surface area (Å²) < 4.78 is 1.79. The highest BCUT2D eigenvalue weighted by atomic mass is 15.2. The van der Waals surface area contributed by atoms with E-state index in [9.17, 15) is 0 Å². The predicted octanol–water partition coefficient (Wildman–Crippen LogP) is 0.500. The van der Waals surface area contributed by atoms with Crippen molar-refractivity contribution < 1.29 is 0 Å². The first-order valence-corrected chi connectivity index (χ1v) is 4.77. The molecule has 0 aliphatic heterocycles. The Morgan fingerprint density at radius 3 is 2.53 bits per heavy atom. The standard InChI is InChI=1S/C10H13N5/c1-15-7-10(6-14-15)5-11-2-9-3-12-8-13-4-9/h3-4,6-8,11H,2,5H2,1H3. The summed E-state index contributed by atoms with van der Waals surface area (Å²) in [7, 11) is 1.91. The fourth-order valence-corrected chi connectivity index (χ4v) is 1.34. The molecule has 2 aromatic heterocycles. The molecular weight excluding hydrogens is 190 g/mol. The molecule has 1 N–H and O–H groups in total. The molecule has 78 valence electrons. The molecule has 0 bridgehead atoms. The topological polar surface area (TPSA) is 55.6 Å². The second-order valence-electron chi connectivity index (χ2n) is 3.37. The van der Waals surface area contributed by atoms with E-state index >= 15 is 0 Å². The molecular formula is C10H13N5. The summed E-state index contributed by atoms with van der Waals surface area (Å²) in [5, 5.41) is 7.39. The Labute approximate surface area is 88.2 Å². The van der Waals surface area contributed by atoms with E-state index in [1.54, 1.807) is 4.68 Å². The third-order valence-corrected chi connectivity index (χ3v) is 2.03. The molecule has 5 heteroatoms. The number of rotatable bonds is 4. The molecule has 2 rings (SSSR count). The molecule has 2 heterocycles. The lowest BCUT2D eigenvalue weighted by Crippen LogP contribution is -2.12. The van der Waals surface area contributed by atoms with Gasteiger partial charge in [0, 0.05) is 49.9 Å². The molecule has 15 heavy (non-hydrogen) atoms. The summed E-state index contributed by atoms with van der Waals surface area (Å²) in [4.78, 5) is 7.89. The lowest BCUT2D eigenvalue weighted by Gasteiger charge is -2.01. The highest BCUT2D eigenvalue weighted by Gasteiger charge is 1.96. The minimum Gasteiger partial charge on any atom is -0.308 e. The van der Waals surface area contributed by atoms with Crippen LogP contribution < -0.4 is 5.32 Å². The molecule has 0 saturated heterocycles. The minimum atomic E-state index is 0.774. The van der Waals surface area contributed by atoms with Gasteiger partial charge in [-0.05, 0) is 0 Å². The quantitative estimate of drug-likeness (QED) is 0.786. The largest absolute Gasteiger partial charge is 0.308 e. The van der Waals surface area contributed by atoms with Crippen molar-refractivity contribution in [2.45, 2.75) is 13.1 Å². The Morgan fingerprint density at radius 1 is 1.13 bits per heavy atom. The normalized spacial score (nSPS) is 10.5. The second kappa shape index (κ2) is 4.65. The summed E-state index contributed by atoms with van der Waals surface area (Å²) in [6, 6.07) is 0. The number of aryl methyl sites for hydroxylation is 1. The van der Waals surface area contributed by atoms with E-state index < -0.39 is 0 Å². The lowest BCUT2D eigenvalue weighted by atomic mass is 10.3. The van der Waals surface area contributed by atoms with Crippen molar-refractivity contribution in [2.75, 3.05) is 0 Å². The van der Waals surface area contributed by atoms with Gasteiger partial charge in [0.05, 0.1) is 6.20 Å². The predicted molar refractivity (Wildman–Crippen MR) is 55.8 cm³/mol. The van der Waals surface area contributed by atoms with Gasteiger partial charge >= 0.3 is 0 Å². The first-order chi connectivity index (χ1) is 7.34. The average Bonchev–Trinajstić information content (AvgIpc) is 2.66. The average molecular weight is 203 g/mol. The van der Waals surface area contributed by atoms with Gasteiger partial charge in [-0.15, -0.1) is 0 Å². The van der Waals surface area contributed by atoms with Crippen molar-refractivity contribution in [2.24, 2.45) is 7.05 Å². The van der Waals surface area contributed by atoms with Crippen LogP contribution >= 0.6 is 0 Å². The van der Waals surface area contributed by atoms with Gasteiger partial charge in [-0.1, -0.05) is 0 Å². The van der Waals surface area contributed by atoms with Crippen LogP contribution in [0.3, 0.4) is 0 Å². The highest BCUT2D eigenvalue weighted by molar-refractivity contribution is 5.05. The van der Waals surface area contributed by atoms with Crippen LogP contribution in [0, 0.1) is 0 Å². The van der Waals surface area contributed by atoms with Gasteiger partial charge < -0.3 is 5.32 Å². The molecule has 0 aliphatic carbocycles. The SMILES string of the molecule is Cn1cc(CNCc2cncnc2)cn1. The van der Waals surface area contributed by atoms with Gasteiger partial charge in [0.2, 0.25) is 0 Å². The number of hydrogen-bond acceptors (Lipinski definition) is 4. The maximum Gasteiger partial charge on any atom is 0.115 e. The molecule has 0 aliphatic rings. The molecule has 0 radical (unpaired) electrons. The summed E-state index contributed by atoms with van der Waals surface area (Å²) in [6.07, 6.45) is 9.00. The Kier molecular flexibility index (Phi) is 3.04. The van der Waals surface area contributed by atoms with Crippen molar-refractivity contribution in [3.8, 4) is 0 Å². The van der Waals surface area contributed by atoms with Gasteiger partial charge in [0.1, 0.15) is 6.33 Å². The lowest BCUT2D eigenvalue weighted by molar-refractivity contribution is 0.687. The summed E-state index contributed by atoms with van der Waals surface area (Å²) in [6.45, 7) is 1.58. The fraction of sp³-hybridized carbons (Fsp3) is 0.300. The minimum absolute atomic E-state index is 0.774. The Morgan fingerprint density at radius 2 is 1.87 bits per heavy atom. The van der Waals surface area contributed by atoms with Crippen molar-refractivity contribution in [3.05, 3.63) is 42.2 Å². The van der Waals surface area contributed by atoms with E-state index in [1.807, 2.05) is 31.8 Å². The number of aromatic nitrogens is 4. The molecule has 0 spiro atoms. The molecule has 0 aromatic carbocycles. The fourth-order valence-electron chi connectivity index (χ4n) is 1.34. The first kappa shape index (κ1) is 9.79. The van der Waals surface area contributed by atoms with Gasteiger partial charge in [0.25, 0.3) is 0 Å². The van der Waals surface area contributed by atoms with Crippen LogP contribution in [0.5, 0.6) is 0 Å². The number of hydrogen-bond donors (Lipinski definition) is 1. The maximum atomic E-state index is 4.09. The molecule has 0 fully saturated rings. The van der Waals surface area contributed by atoms with Gasteiger partial charge in [-0.3, -0.25) is 4.68 Å². The molecule has 5 nitrogen and oxygen atoms in total. The zero-order valence-electron chi connectivity index (χ0n) is 8.59. The zero-order valence-corrected chi connectivity index (χ0v) is 8.59. The molecule has 0 unspecified atom stereocenters. The van der Waals surface area contributed by atoms with E-state index in [0.29, 0.717) is 0 Å². The van der Waals surface area contributed by atoms with E-state index in [4.69, 9.17) is 0 Å². The zero-order chi connectivity index (χ0) is 10.5. The number of nitrogens with zero attached hydrogens (tertiary/aromatic N) is 4. The second-order valence-corrected chi connectivity index (χ2v) is 3.37. The third kappa shape index (κ3) is 2.85. The van der Waals surface area contributed by atoms with Gasteiger partial charge in [-0.2, -0.15) is 5.10 Å². The number of nitrogens with one attached hydrogen (secondary N) is 1. The van der Waals surface area contributed by atoms with Crippen LogP contribution in [0.15, 0.2) is 31.1 Å². The van der Waals surface area contributed by atoms with Crippen molar-refractivity contribution in [1.29, 1.82) is 0 Å². The van der Waals surface area contributed by atoms with E-state index in [2.05, 4.69) is 20.4 Å².